The van der Waals surface area contributed by atoms with E-state index in [0.29, 0.717) is 10.6 Å². The van der Waals surface area contributed by atoms with E-state index < -0.39 is 18.6 Å². The summed E-state index contributed by atoms with van der Waals surface area (Å²) in [6.07, 6.45) is -4.34. The number of para-hydroxylation sites is 2. The first-order valence-corrected chi connectivity index (χ1v) is 7.11. The molecule has 0 aliphatic heterocycles. The molecule has 0 bridgehead atoms. The van der Waals surface area contributed by atoms with Crippen LogP contribution in [0.4, 0.5) is 24.5 Å². The Balaban J connectivity index is 2.14. The molecule has 0 spiro atoms. The highest BCUT2D eigenvalue weighted by Gasteiger charge is 2.27. The fourth-order valence-electron chi connectivity index (χ4n) is 1.74. The van der Waals surface area contributed by atoms with Crippen LogP contribution >= 0.6 is 11.3 Å². The summed E-state index contributed by atoms with van der Waals surface area (Å²) in [5.41, 5.74) is 0.468. The summed E-state index contributed by atoms with van der Waals surface area (Å²) in [6, 6.07) is 7.84. The highest BCUT2D eigenvalue weighted by atomic mass is 32.1. The molecule has 0 radical (unpaired) electrons. The Hall–Kier alpha value is -2.22. The average Bonchev–Trinajstić information content (AvgIpc) is 2.94. The van der Waals surface area contributed by atoms with Crippen LogP contribution in [0.15, 0.2) is 35.7 Å². The zero-order chi connectivity index (χ0) is 16.2. The number of anilines is 2. The molecule has 2 N–H and O–H groups in total. The van der Waals surface area contributed by atoms with Gasteiger partial charge in [0, 0.05) is 0 Å². The van der Waals surface area contributed by atoms with E-state index in [2.05, 4.69) is 10.6 Å². The molecular formula is C14H13F3N2O2S. The van der Waals surface area contributed by atoms with Gasteiger partial charge in [-0.3, -0.25) is 4.79 Å². The first kappa shape index (κ1) is 16.2. The van der Waals surface area contributed by atoms with Crippen molar-refractivity contribution in [2.75, 3.05) is 24.3 Å². The standard InChI is InChI=1S/C14H13F3N2O2S/c1-21-11-6-7-22-12(11)13(20)19-10-5-3-2-4-9(10)18-8-14(15,16)17/h2-7,18H,8H2,1H3,(H,19,20). The molecule has 1 aromatic heterocycles. The van der Waals surface area contributed by atoms with Gasteiger partial charge >= 0.3 is 6.18 Å². The molecule has 0 fully saturated rings. The number of thiophene rings is 1. The zero-order valence-corrected chi connectivity index (χ0v) is 12.3. The number of amides is 1. The van der Waals surface area contributed by atoms with Gasteiger partial charge in [0.05, 0.1) is 18.5 Å². The van der Waals surface area contributed by atoms with Gasteiger partial charge in [-0.1, -0.05) is 12.1 Å². The predicted molar refractivity (Wildman–Crippen MR) is 79.8 cm³/mol. The first-order chi connectivity index (χ1) is 10.4. The molecular weight excluding hydrogens is 317 g/mol. The fourth-order valence-corrected chi connectivity index (χ4v) is 2.50. The first-order valence-electron chi connectivity index (χ1n) is 6.23. The summed E-state index contributed by atoms with van der Waals surface area (Å²) in [5, 5.41) is 6.55. The maximum absolute atomic E-state index is 12.3. The Morgan fingerprint density at radius 1 is 1.23 bits per heavy atom. The quantitative estimate of drug-likeness (QED) is 0.872. The van der Waals surface area contributed by atoms with Crippen LogP contribution in [-0.2, 0) is 0 Å². The van der Waals surface area contributed by atoms with Crippen LogP contribution in [0.5, 0.6) is 5.75 Å². The Bertz CT molecular complexity index is 656. The molecule has 1 amide bonds. The van der Waals surface area contributed by atoms with Crippen LogP contribution < -0.4 is 15.4 Å². The van der Waals surface area contributed by atoms with Crippen LogP contribution in [0, 0.1) is 0 Å². The molecule has 0 saturated heterocycles. The Morgan fingerprint density at radius 2 is 1.91 bits per heavy atom. The highest BCUT2D eigenvalue weighted by Crippen LogP contribution is 2.28. The normalized spacial score (nSPS) is 11.1. The minimum absolute atomic E-state index is 0.198. The minimum Gasteiger partial charge on any atom is -0.495 e. The van der Waals surface area contributed by atoms with Gasteiger partial charge in [-0.25, -0.2) is 0 Å². The summed E-state index contributed by atoms with van der Waals surface area (Å²) >= 11 is 1.19. The number of hydrogen-bond donors (Lipinski definition) is 2. The highest BCUT2D eigenvalue weighted by molar-refractivity contribution is 7.12. The molecule has 0 unspecified atom stereocenters. The fraction of sp³-hybridized carbons (Fsp3) is 0.214. The number of hydrogen-bond acceptors (Lipinski definition) is 4. The summed E-state index contributed by atoms with van der Waals surface area (Å²) in [5.74, 6) is -0.0173. The average molecular weight is 330 g/mol. The molecule has 0 aliphatic rings. The number of halogens is 3. The lowest BCUT2D eigenvalue weighted by Crippen LogP contribution is -2.22. The van der Waals surface area contributed by atoms with Crippen LogP contribution in [0.2, 0.25) is 0 Å². The monoisotopic (exact) mass is 330 g/mol. The number of rotatable bonds is 5. The van der Waals surface area contributed by atoms with Gasteiger partial charge < -0.3 is 15.4 Å². The van der Waals surface area contributed by atoms with E-state index in [1.54, 1.807) is 23.6 Å². The van der Waals surface area contributed by atoms with Crippen molar-refractivity contribution in [2.24, 2.45) is 0 Å². The Morgan fingerprint density at radius 3 is 2.55 bits per heavy atom. The van der Waals surface area contributed by atoms with Crippen LogP contribution in [0.3, 0.4) is 0 Å². The van der Waals surface area contributed by atoms with Crippen molar-refractivity contribution < 1.29 is 22.7 Å². The third kappa shape index (κ3) is 4.14. The summed E-state index contributed by atoms with van der Waals surface area (Å²) in [6.45, 7) is -1.18. The maximum atomic E-state index is 12.3. The third-order valence-corrected chi connectivity index (χ3v) is 3.60. The van der Waals surface area contributed by atoms with Crippen molar-refractivity contribution in [3.8, 4) is 5.75 Å². The SMILES string of the molecule is COc1ccsc1C(=O)Nc1ccccc1NCC(F)(F)F. The minimum atomic E-state index is -4.34. The van der Waals surface area contributed by atoms with Gasteiger partial charge in [0.25, 0.3) is 5.91 Å². The number of methoxy groups -OCH3 is 1. The molecule has 22 heavy (non-hydrogen) atoms. The van der Waals surface area contributed by atoms with Gasteiger partial charge in [-0.2, -0.15) is 13.2 Å². The summed E-state index contributed by atoms with van der Waals surface area (Å²) in [7, 11) is 1.44. The molecule has 8 heteroatoms. The van der Waals surface area contributed by atoms with E-state index in [4.69, 9.17) is 4.74 Å². The van der Waals surface area contributed by atoms with Crippen molar-refractivity contribution in [2.45, 2.75) is 6.18 Å². The second kappa shape index (κ2) is 6.69. The van der Waals surface area contributed by atoms with Crippen LogP contribution in [-0.4, -0.2) is 25.7 Å². The Labute approximate surface area is 128 Å². The smallest absolute Gasteiger partial charge is 0.405 e. The van der Waals surface area contributed by atoms with Gasteiger partial charge in [0.15, 0.2) is 0 Å². The van der Waals surface area contributed by atoms with Gasteiger partial charge in [0.2, 0.25) is 0 Å². The molecule has 2 aromatic rings. The molecule has 2 rings (SSSR count). The van der Waals surface area contributed by atoms with Crippen molar-refractivity contribution in [3.63, 3.8) is 0 Å². The van der Waals surface area contributed by atoms with E-state index in [9.17, 15) is 18.0 Å². The van der Waals surface area contributed by atoms with Crippen molar-refractivity contribution in [3.05, 3.63) is 40.6 Å². The number of alkyl halides is 3. The predicted octanol–water partition coefficient (Wildman–Crippen LogP) is 3.98. The number of carbonyl (C=O) groups is 1. The maximum Gasteiger partial charge on any atom is 0.405 e. The number of ether oxygens (including phenoxy) is 1. The number of nitrogens with one attached hydrogen (secondary N) is 2. The van der Waals surface area contributed by atoms with Crippen molar-refractivity contribution in [1.82, 2.24) is 0 Å². The van der Waals surface area contributed by atoms with Gasteiger partial charge in [-0.05, 0) is 23.6 Å². The van der Waals surface area contributed by atoms with E-state index in [1.807, 2.05) is 0 Å². The van der Waals surface area contributed by atoms with Gasteiger partial charge in [0.1, 0.15) is 17.2 Å². The lowest BCUT2D eigenvalue weighted by Gasteiger charge is -2.14. The molecule has 4 nitrogen and oxygen atoms in total. The zero-order valence-electron chi connectivity index (χ0n) is 11.5. The topological polar surface area (TPSA) is 50.4 Å². The molecule has 0 saturated carbocycles. The summed E-state index contributed by atoms with van der Waals surface area (Å²) in [4.78, 5) is 12.5. The Kier molecular flexibility index (Phi) is 4.92. The number of carbonyl (C=O) groups excluding carboxylic acids is 1. The molecule has 0 aliphatic carbocycles. The largest absolute Gasteiger partial charge is 0.495 e. The lowest BCUT2D eigenvalue weighted by atomic mass is 10.2. The van der Waals surface area contributed by atoms with Crippen LogP contribution in [0.25, 0.3) is 0 Å². The molecule has 118 valence electrons. The van der Waals surface area contributed by atoms with E-state index in [-0.39, 0.29) is 11.4 Å². The second-order valence-electron chi connectivity index (χ2n) is 4.29. The number of benzene rings is 1. The molecule has 0 atom stereocenters. The van der Waals surface area contributed by atoms with E-state index >= 15 is 0 Å². The van der Waals surface area contributed by atoms with E-state index in [0.717, 1.165) is 0 Å². The third-order valence-electron chi connectivity index (χ3n) is 2.71. The van der Waals surface area contributed by atoms with E-state index in [1.165, 1.54) is 30.6 Å². The lowest BCUT2D eigenvalue weighted by molar-refractivity contribution is -0.115. The molecule has 1 heterocycles. The molecule has 1 aromatic carbocycles. The summed E-state index contributed by atoms with van der Waals surface area (Å²) < 4.78 is 41.9. The van der Waals surface area contributed by atoms with Gasteiger partial charge in [-0.15, -0.1) is 11.3 Å². The second-order valence-corrected chi connectivity index (χ2v) is 5.20. The van der Waals surface area contributed by atoms with Crippen molar-refractivity contribution in [1.29, 1.82) is 0 Å². The van der Waals surface area contributed by atoms with Crippen molar-refractivity contribution >= 4 is 28.6 Å². The van der Waals surface area contributed by atoms with Crippen LogP contribution in [0.1, 0.15) is 9.67 Å².